The second-order valence-corrected chi connectivity index (χ2v) is 9.96. The Kier molecular flexibility index (Phi) is 7.05. The number of aromatic nitrogens is 1. The van der Waals surface area contributed by atoms with Gasteiger partial charge < -0.3 is 14.6 Å². The SMILES string of the molecule is CN1CCN(S(=O)(=O)c2cccc(NC(=O)CCc3ncc(-c4ccc(F)cc4F)o3)c2)CC1. The Morgan fingerprint density at radius 1 is 1.12 bits per heavy atom. The van der Waals surface area contributed by atoms with Gasteiger partial charge in [0.05, 0.1) is 16.7 Å². The Balaban J connectivity index is 1.36. The van der Waals surface area contributed by atoms with Crippen molar-refractivity contribution in [2.24, 2.45) is 0 Å². The molecule has 8 nitrogen and oxygen atoms in total. The summed E-state index contributed by atoms with van der Waals surface area (Å²) in [5.41, 5.74) is 0.435. The molecule has 1 amide bonds. The molecule has 0 spiro atoms. The fourth-order valence-electron chi connectivity index (χ4n) is 3.60. The van der Waals surface area contributed by atoms with Gasteiger partial charge in [0.25, 0.3) is 0 Å². The van der Waals surface area contributed by atoms with Crippen molar-refractivity contribution in [1.82, 2.24) is 14.2 Å². The Bertz CT molecular complexity index is 1290. The summed E-state index contributed by atoms with van der Waals surface area (Å²) >= 11 is 0. The summed E-state index contributed by atoms with van der Waals surface area (Å²) in [5, 5.41) is 2.69. The van der Waals surface area contributed by atoms with Crippen LogP contribution in [-0.2, 0) is 21.2 Å². The first-order valence-corrected chi connectivity index (χ1v) is 12.1. The minimum Gasteiger partial charge on any atom is -0.441 e. The number of aryl methyl sites for hydroxylation is 1. The first-order valence-electron chi connectivity index (χ1n) is 10.7. The van der Waals surface area contributed by atoms with E-state index in [4.69, 9.17) is 4.42 Å². The van der Waals surface area contributed by atoms with Crippen molar-refractivity contribution < 1.29 is 26.4 Å². The third-order valence-corrected chi connectivity index (χ3v) is 7.43. The number of hydrogen-bond acceptors (Lipinski definition) is 6. The van der Waals surface area contributed by atoms with E-state index in [1.54, 1.807) is 12.1 Å². The molecule has 3 aromatic rings. The van der Waals surface area contributed by atoms with E-state index in [0.717, 1.165) is 12.1 Å². The van der Waals surface area contributed by atoms with Crippen LogP contribution in [0.4, 0.5) is 14.5 Å². The number of nitrogens with one attached hydrogen (secondary N) is 1. The van der Waals surface area contributed by atoms with E-state index in [9.17, 15) is 22.0 Å². The minimum absolute atomic E-state index is 0.0152. The lowest BCUT2D eigenvalue weighted by Gasteiger charge is -2.31. The van der Waals surface area contributed by atoms with Gasteiger partial charge in [-0.2, -0.15) is 4.31 Å². The van der Waals surface area contributed by atoms with Gasteiger partial charge in [0.1, 0.15) is 11.6 Å². The predicted molar refractivity (Wildman–Crippen MR) is 122 cm³/mol. The number of piperazine rings is 1. The number of carbonyl (C=O) groups is 1. The van der Waals surface area contributed by atoms with E-state index in [2.05, 4.69) is 15.2 Å². The summed E-state index contributed by atoms with van der Waals surface area (Å²) in [6.45, 7) is 2.14. The maximum atomic E-state index is 13.9. The molecule has 1 aromatic heterocycles. The summed E-state index contributed by atoms with van der Waals surface area (Å²) in [7, 11) is -1.71. The van der Waals surface area contributed by atoms with Gasteiger partial charge in [-0.3, -0.25) is 4.79 Å². The normalized spacial score (nSPS) is 15.4. The topological polar surface area (TPSA) is 95.8 Å². The van der Waals surface area contributed by atoms with E-state index in [1.807, 2.05) is 7.05 Å². The summed E-state index contributed by atoms with van der Waals surface area (Å²) < 4.78 is 59.8. The lowest BCUT2D eigenvalue weighted by atomic mass is 10.2. The molecule has 0 unspecified atom stereocenters. The molecule has 0 atom stereocenters. The van der Waals surface area contributed by atoms with Crippen LogP contribution in [-0.4, -0.2) is 61.7 Å². The zero-order chi connectivity index (χ0) is 24.3. The van der Waals surface area contributed by atoms with Gasteiger partial charge in [0.2, 0.25) is 15.9 Å². The molecule has 1 aliphatic heterocycles. The Labute approximate surface area is 196 Å². The van der Waals surface area contributed by atoms with Crippen molar-refractivity contribution in [2.75, 3.05) is 38.5 Å². The highest BCUT2D eigenvalue weighted by atomic mass is 32.2. The van der Waals surface area contributed by atoms with Crippen LogP contribution in [0.2, 0.25) is 0 Å². The van der Waals surface area contributed by atoms with Crippen LogP contribution in [0.5, 0.6) is 0 Å². The van der Waals surface area contributed by atoms with Crippen molar-refractivity contribution in [3.8, 4) is 11.3 Å². The molecule has 0 radical (unpaired) electrons. The van der Waals surface area contributed by atoms with Gasteiger partial charge in [-0.05, 0) is 37.4 Å². The summed E-state index contributed by atoms with van der Waals surface area (Å²) in [5.74, 6) is -1.47. The van der Waals surface area contributed by atoms with Crippen molar-refractivity contribution in [1.29, 1.82) is 0 Å². The van der Waals surface area contributed by atoms with Crippen LogP contribution in [0.3, 0.4) is 0 Å². The number of oxazole rings is 1. The molecule has 1 aliphatic rings. The van der Waals surface area contributed by atoms with Crippen LogP contribution >= 0.6 is 0 Å². The fourth-order valence-corrected chi connectivity index (χ4v) is 5.06. The fraction of sp³-hybridized carbons (Fsp3) is 0.304. The van der Waals surface area contributed by atoms with Gasteiger partial charge in [-0.15, -0.1) is 0 Å². The summed E-state index contributed by atoms with van der Waals surface area (Å²) in [6.07, 6.45) is 1.48. The number of amides is 1. The smallest absolute Gasteiger partial charge is 0.243 e. The number of anilines is 1. The number of benzene rings is 2. The number of sulfonamides is 1. The van der Waals surface area contributed by atoms with Gasteiger partial charge in [-0.25, -0.2) is 22.2 Å². The lowest BCUT2D eigenvalue weighted by Crippen LogP contribution is -2.47. The highest BCUT2D eigenvalue weighted by molar-refractivity contribution is 7.89. The molecule has 0 saturated carbocycles. The molecule has 180 valence electrons. The lowest BCUT2D eigenvalue weighted by molar-refractivity contribution is -0.116. The highest BCUT2D eigenvalue weighted by Gasteiger charge is 2.27. The monoisotopic (exact) mass is 490 g/mol. The average molecular weight is 491 g/mol. The van der Waals surface area contributed by atoms with E-state index in [1.165, 1.54) is 28.7 Å². The molecule has 1 fully saturated rings. The zero-order valence-electron chi connectivity index (χ0n) is 18.5. The molecular formula is C23H24F2N4O4S. The van der Waals surface area contributed by atoms with Gasteiger partial charge in [0.15, 0.2) is 11.7 Å². The Morgan fingerprint density at radius 3 is 2.62 bits per heavy atom. The molecule has 11 heteroatoms. The molecule has 1 saturated heterocycles. The quantitative estimate of drug-likeness (QED) is 0.547. The van der Waals surface area contributed by atoms with Crippen molar-refractivity contribution in [3.05, 3.63) is 66.2 Å². The first-order chi connectivity index (χ1) is 16.2. The number of carbonyl (C=O) groups excluding carboxylic acids is 1. The van der Waals surface area contributed by atoms with Crippen molar-refractivity contribution in [3.63, 3.8) is 0 Å². The number of nitrogens with zero attached hydrogens (tertiary/aromatic N) is 3. The molecule has 4 rings (SSSR count). The molecule has 2 heterocycles. The third-order valence-electron chi connectivity index (χ3n) is 5.53. The van der Waals surface area contributed by atoms with Crippen LogP contribution in [0.25, 0.3) is 11.3 Å². The second kappa shape index (κ2) is 10.00. The summed E-state index contributed by atoms with van der Waals surface area (Å²) in [6, 6.07) is 9.26. The van der Waals surface area contributed by atoms with E-state index < -0.39 is 21.7 Å². The van der Waals surface area contributed by atoms with Crippen LogP contribution in [0.1, 0.15) is 12.3 Å². The van der Waals surface area contributed by atoms with E-state index in [0.29, 0.717) is 31.9 Å². The molecular weight excluding hydrogens is 466 g/mol. The predicted octanol–water partition coefficient (Wildman–Crippen LogP) is 3.13. The molecule has 0 bridgehead atoms. The number of halogens is 2. The maximum Gasteiger partial charge on any atom is 0.243 e. The molecule has 34 heavy (non-hydrogen) atoms. The first kappa shape index (κ1) is 24.0. The number of likely N-dealkylation sites (N-methyl/N-ethyl adjacent to an activating group) is 1. The van der Waals surface area contributed by atoms with Gasteiger partial charge in [-0.1, -0.05) is 6.07 Å². The Hall–Kier alpha value is -3.15. The van der Waals surface area contributed by atoms with Gasteiger partial charge >= 0.3 is 0 Å². The molecule has 1 N–H and O–H groups in total. The molecule has 0 aliphatic carbocycles. The van der Waals surface area contributed by atoms with Crippen LogP contribution in [0, 0.1) is 11.6 Å². The van der Waals surface area contributed by atoms with Crippen LogP contribution < -0.4 is 5.32 Å². The third kappa shape index (κ3) is 5.49. The Morgan fingerprint density at radius 2 is 1.88 bits per heavy atom. The van der Waals surface area contributed by atoms with Crippen molar-refractivity contribution in [2.45, 2.75) is 17.7 Å². The number of hydrogen-bond donors (Lipinski definition) is 1. The summed E-state index contributed by atoms with van der Waals surface area (Å²) in [4.78, 5) is 18.6. The average Bonchev–Trinajstić information content (AvgIpc) is 3.27. The molecule has 2 aromatic carbocycles. The van der Waals surface area contributed by atoms with E-state index in [-0.39, 0.29) is 40.9 Å². The second-order valence-electron chi connectivity index (χ2n) is 8.03. The maximum absolute atomic E-state index is 13.9. The van der Waals surface area contributed by atoms with E-state index >= 15 is 0 Å². The standard InChI is InChI=1S/C23H24F2N4O4S/c1-28-9-11-29(12-10-28)34(31,32)18-4-2-3-17(14-18)27-22(30)7-8-23-26-15-21(33-23)19-6-5-16(24)13-20(19)25/h2-6,13-15H,7-12H2,1H3,(H,27,30). The largest absolute Gasteiger partial charge is 0.441 e. The van der Waals surface area contributed by atoms with Gasteiger partial charge in [0, 0.05) is 50.8 Å². The minimum atomic E-state index is -3.65. The number of rotatable bonds is 7. The zero-order valence-corrected chi connectivity index (χ0v) is 19.3. The highest BCUT2D eigenvalue weighted by Crippen LogP contribution is 2.25. The van der Waals surface area contributed by atoms with Crippen LogP contribution in [0.15, 0.2) is 58.0 Å². The van der Waals surface area contributed by atoms with Crippen molar-refractivity contribution >= 4 is 21.6 Å².